The lowest BCUT2D eigenvalue weighted by molar-refractivity contribution is 0.0912. The van der Waals surface area contributed by atoms with E-state index >= 15 is 0 Å². The summed E-state index contributed by atoms with van der Waals surface area (Å²) in [6.07, 6.45) is 1.43. The van der Waals surface area contributed by atoms with Crippen molar-refractivity contribution in [2.45, 2.75) is 40.5 Å². The minimum absolute atomic E-state index is 0.00760. The Kier molecular flexibility index (Phi) is 3.12. The van der Waals surface area contributed by atoms with Crippen LogP contribution in [0.25, 0.3) is 0 Å². The zero-order valence-electron chi connectivity index (χ0n) is 13.0. The van der Waals surface area contributed by atoms with Crippen LogP contribution in [-0.4, -0.2) is 16.0 Å². The van der Waals surface area contributed by atoms with Crippen molar-refractivity contribution in [2.24, 2.45) is 5.41 Å². The standard InChI is InChI=1S/C17H21N3O/c1-10-5-6-12(11(2)7-10)18-16-15-13(19-20-16)8-17(3,4)9-14(15)21/h5-7H,8-9H2,1-4H3,(H2,18,19,20). The highest BCUT2D eigenvalue weighted by Crippen LogP contribution is 2.37. The normalized spacial score (nSPS) is 16.7. The molecule has 21 heavy (non-hydrogen) atoms. The Labute approximate surface area is 125 Å². The van der Waals surface area contributed by atoms with Gasteiger partial charge in [-0.3, -0.25) is 9.89 Å². The fourth-order valence-electron chi connectivity index (χ4n) is 3.04. The van der Waals surface area contributed by atoms with Crippen LogP contribution in [0.15, 0.2) is 18.2 Å². The molecule has 1 aromatic heterocycles. The number of nitrogens with one attached hydrogen (secondary N) is 2. The van der Waals surface area contributed by atoms with E-state index in [4.69, 9.17) is 0 Å². The number of aryl methyl sites for hydroxylation is 2. The van der Waals surface area contributed by atoms with Crippen LogP contribution in [0, 0.1) is 19.3 Å². The first kappa shape index (κ1) is 13.9. The number of aromatic amines is 1. The van der Waals surface area contributed by atoms with Gasteiger partial charge in [-0.05, 0) is 37.3 Å². The average molecular weight is 283 g/mol. The number of fused-ring (bicyclic) bond motifs is 1. The summed E-state index contributed by atoms with van der Waals surface area (Å²) >= 11 is 0. The van der Waals surface area contributed by atoms with Crippen LogP contribution < -0.4 is 5.32 Å². The molecule has 1 aromatic carbocycles. The smallest absolute Gasteiger partial charge is 0.169 e. The molecule has 0 saturated heterocycles. The lowest BCUT2D eigenvalue weighted by Crippen LogP contribution is -2.26. The van der Waals surface area contributed by atoms with E-state index in [-0.39, 0.29) is 11.2 Å². The van der Waals surface area contributed by atoms with Gasteiger partial charge < -0.3 is 5.32 Å². The van der Waals surface area contributed by atoms with Crippen LogP contribution in [0.1, 0.15) is 47.4 Å². The first-order chi connectivity index (χ1) is 9.85. The summed E-state index contributed by atoms with van der Waals surface area (Å²) in [5.41, 5.74) is 5.05. The van der Waals surface area contributed by atoms with Crippen LogP contribution in [-0.2, 0) is 6.42 Å². The molecule has 0 unspecified atom stereocenters. The summed E-state index contributed by atoms with van der Waals surface area (Å²) < 4.78 is 0. The van der Waals surface area contributed by atoms with Crippen LogP contribution in [0.3, 0.4) is 0 Å². The number of hydrogen-bond acceptors (Lipinski definition) is 3. The van der Waals surface area contributed by atoms with E-state index < -0.39 is 0 Å². The predicted molar refractivity (Wildman–Crippen MR) is 84.2 cm³/mol. The molecule has 0 atom stereocenters. The number of carbonyl (C=O) groups excluding carboxylic acids is 1. The second kappa shape index (κ2) is 4.72. The van der Waals surface area contributed by atoms with Crippen molar-refractivity contribution in [3.63, 3.8) is 0 Å². The number of benzene rings is 1. The minimum atomic E-state index is 0.00760. The third-order valence-electron chi connectivity index (χ3n) is 4.05. The fraction of sp³-hybridized carbons (Fsp3) is 0.412. The van der Waals surface area contributed by atoms with Crippen molar-refractivity contribution in [3.8, 4) is 0 Å². The second-order valence-electron chi connectivity index (χ2n) is 6.81. The molecule has 0 amide bonds. The molecule has 1 aliphatic carbocycles. The minimum Gasteiger partial charge on any atom is -0.338 e. The zero-order valence-corrected chi connectivity index (χ0v) is 13.0. The molecule has 0 fully saturated rings. The molecule has 4 heteroatoms. The van der Waals surface area contributed by atoms with Crippen molar-refractivity contribution in [1.82, 2.24) is 10.2 Å². The molecule has 110 valence electrons. The summed E-state index contributed by atoms with van der Waals surface area (Å²) in [5.74, 6) is 0.819. The molecule has 0 bridgehead atoms. The fourth-order valence-corrected chi connectivity index (χ4v) is 3.04. The Hall–Kier alpha value is -2.10. The zero-order chi connectivity index (χ0) is 15.2. The van der Waals surface area contributed by atoms with Crippen LogP contribution in [0.4, 0.5) is 11.5 Å². The number of anilines is 2. The van der Waals surface area contributed by atoms with E-state index in [0.717, 1.165) is 28.9 Å². The molecule has 4 nitrogen and oxygen atoms in total. The van der Waals surface area contributed by atoms with Crippen molar-refractivity contribution in [3.05, 3.63) is 40.6 Å². The van der Waals surface area contributed by atoms with Gasteiger partial charge in [0.05, 0.1) is 5.56 Å². The Balaban J connectivity index is 1.95. The molecule has 3 rings (SSSR count). The van der Waals surface area contributed by atoms with Crippen LogP contribution in [0.2, 0.25) is 0 Å². The molecule has 1 aliphatic rings. The lowest BCUT2D eigenvalue weighted by Gasteiger charge is -2.27. The van der Waals surface area contributed by atoms with Gasteiger partial charge in [0.2, 0.25) is 0 Å². The van der Waals surface area contributed by atoms with Gasteiger partial charge in [0, 0.05) is 17.8 Å². The van der Waals surface area contributed by atoms with Crippen LogP contribution in [0.5, 0.6) is 0 Å². The summed E-state index contributed by atoms with van der Waals surface area (Å²) in [6, 6.07) is 6.20. The Morgan fingerprint density at radius 3 is 2.71 bits per heavy atom. The number of Topliss-reactive ketones (excluding diaryl/α,β-unsaturated/α-hetero) is 1. The predicted octanol–water partition coefficient (Wildman–Crippen LogP) is 3.93. The highest BCUT2D eigenvalue weighted by molar-refractivity contribution is 6.03. The number of ketones is 1. The highest BCUT2D eigenvalue weighted by atomic mass is 16.1. The van der Waals surface area contributed by atoms with Gasteiger partial charge in [-0.25, -0.2) is 0 Å². The number of aromatic nitrogens is 2. The third kappa shape index (κ3) is 2.58. The number of carbonyl (C=O) groups is 1. The second-order valence-corrected chi connectivity index (χ2v) is 6.81. The first-order valence-corrected chi connectivity index (χ1v) is 7.30. The lowest BCUT2D eigenvalue weighted by atomic mass is 9.76. The summed E-state index contributed by atoms with van der Waals surface area (Å²) in [6.45, 7) is 8.36. The molecular weight excluding hydrogens is 262 g/mol. The Bertz CT molecular complexity index is 713. The Morgan fingerprint density at radius 2 is 2.00 bits per heavy atom. The van der Waals surface area contributed by atoms with Crippen molar-refractivity contribution in [1.29, 1.82) is 0 Å². The van der Waals surface area contributed by atoms with E-state index in [9.17, 15) is 4.79 Å². The van der Waals surface area contributed by atoms with E-state index in [1.165, 1.54) is 5.56 Å². The van der Waals surface area contributed by atoms with Gasteiger partial charge in [-0.2, -0.15) is 5.10 Å². The molecule has 2 N–H and O–H groups in total. The van der Waals surface area contributed by atoms with Crippen molar-refractivity contribution >= 4 is 17.3 Å². The number of nitrogens with zero attached hydrogens (tertiary/aromatic N) is 1. The SMILES string of the molecule is Cc1ccc(Nc2n[nH]c3c2C(=O)CC(C)(C)C3)c(C)c1. The van der Waals surface area contributed by atoms with Gasteiger partial charge in [0.25, 0.3) is 0 Å². The van der Waals surface area contributed by atoms with E-state index in [1.807, 2.05) is 6.07 Å². The molecular formula is C17H21N3O. The molecule has 0 spiro atoms. The van der Waals surface area contributed by atoms with E-state index in [1.54, 1.807) is 0 Å². The van der Waals surface area contributed by atoms with Gasteiger partial charge in [0.15, 0.2) is 11.6 Å². The maximum Gasteiger partial charge on any atom is 0.169 e. The van der Waals surface area contributed by atoms with Gasteiger partial charge in [-0.1, -0.05) is 31.5 Å². The summed E-state index contributed by atoms with van der Waals surface area (Å²) in [7, 11) is 0. The highest BCUT2D eigenvalue weighted by Gasteiger charge is 2.34. The maximum absolute atomic E-state index is 12.4. The molecule has 0 aliphatic heterocycles. The monoisotopic (exact) mass is 283 g/mol. The molecule has 0 saturated carbocycles. The number of H-pyrrole nitrogens is 1. The Morgan fingerprint density at radius 1 is 1.24 bits per heavy atom. The molecule has 1 heterocycles. The topological polar surface area (TPSA) is 57.8 Å². The molecule has 0 radical (unpaired) electrons. The third-order valence-corrected chi connectivity index (χ3v) is 4.05. The van der Waals surface area contributed by atoms with E-state index in [0.29, 0.717) is 12.2 Å². The number of rotatable bonds is 2. The molecule has 2 aromatic rings. The largest absolute Gasteiger partial charge is 0.338 e. The van der Waals surface area contributed by atoms with Gasteiger partial charge in [-0.15, -0.1) is 0 Å². The maximum atomic E-state index is 12.4. The first-order valence-electron chi connectivity index (χ1n) is 7.30. The quantitative estimate of drug-likeness (QED) is 0.878. The summed E-state index contributed by atoms with van der Waals surface area (Å²) in [4.78, 5) is 12.4. The van der Waals surface area contributed by atoms with Gasteiger partial charge >= 0.3 is 0 Å². The van der Waals surface area contributed by atoms with Crippen molar-refractivity contribution < 1.29 is 4.79 Å². The van der Waals surface area contributed by atoms with Crippen LogP contribution >= 0.6 is 0 Å². The van der Waals surface area contributed by atoms with Gasteiger partial charge in [0.1, 0.15) is 0 Å². The number of hydrogen-bond donors (Lipinski definition) is 2. The van der Waals surface area contributed by atoms with E-state index in [2.05, 4.69) is 55.3 Å². The summed E-state index contributed by atoms with van der Waals surface area (Å²) in [5, 5.41) is 10.6. The van der Waals surface area contributed by atoms with Crippen molar-refractivity contribution in [2.75, 3.05) is 5.32 Å². The average Bonchev–Trinajstić information content (AvgIpc) is 2.74.